The zero-order valence-corrected chi connectivity index (χ0v) is 10.9. The molecule has 1 atom stereocenters. The fourth-order valence-electron chi connectivity index (χ4n) is 1.44. The van der Waals surface area contributed by atoms with Crippen LogP contribution in [0.15, 0.2) is 48.5 Å². The second kappa shape index (κ2) is 5.78. The Morgan fingerprint density at radius 3 is 2.00 bits per heavy atom. The Balaban J connectivity index is 2.10. The number of rotatable bonds is 4. The second-order valence-corrected chi connectivity index (χ2v) is 4.65. The number of aldehydes is 1. The van der Waals surface area contributed by atoms with Crippen LogP contribution in [0, 0.1) is 5.82 Å². The van der Waals surface area contributed by atoms with Gasteiger partial charge in [-0.2, -0.15) is 0 Å². The Morgan fingerprint density at radius 1 is 1.00 bits per heavy atom. The SMILES string of the molecule is O=CC(Br)c1ccc(Oc2ccc(F)cc2)cc1. The molecule has 0 aliphatic rings. The van der Waals surface area contributed by atoms with Gasteiger partial charge in [0.25, 0.3) is 0 Å². The van der Waals surface area contributed by atoms with E-state index in [0.717, 1.165) is 11.8 Å². The average Bonchev–Trinajstić information content (AvgIpc) is 2.41. The molecule has 4 heteroatoms. The molecular formula is C14H10BrFO2. The van der Waals surface area contributed by atoms with Crippen molar-refractivity contribution >= 4 is 22.2 Å². The summed E-state index contributed by atoms with van der Waals surface area (Å²) in [6.07, 6.45) is 0.815. The summed E-state index contributed by atoms with van der Waals surface area (Å²) in [7, 11) is 0. The highest BCUT2D eigenvalue weighted by atomic mass is 79.9. The molecule has 0 saturated carbocycles. The third-order valence-corrected chi connectivity index (χ3v) is 3.11. The van der Waals surface area contributed by atoms with Gasteiger partial charge in [0.05, 0.1) is 4.83 Å². The van der Waals surface area contributed by atoms with Crippen molar-refractivity contribution in [3.63, 3.8) is 0 Å². The summed E-state index contributed by atoms with van der Waals surface area (Å²) in [6, 6.07) is 12.9. The van der Waals surface area contributed by atoms with Gasteiger partial charge in [0.1, 0.15) is 23.6 Å². The predicted molar refractivity (Wildman–Crippen MR) is 70.6 cm³/mol. The summed E-state index contributed by atoms with van der Waals surface area (Å²) < 4.78 is 18.2. The lowest BCUT2D eigenvalue weighted by Gasteiger charge is -2.07. The molecule has 18 heavy (non-hydrogen) atoms. The van der Waals surface area contributed by atoms with Gasteiger partial charge in [0.2, 0.25) is 0 Å². The van der Waals surface area contributed by atoms with E-state index in [2.05, 4.69) is 15.9 Å². The molecule has 0 fully saturated rings. The van der Waals surface area contributed by atoms with Crippen molar-refractivity contribution in [2.45, 2.75) is 4.83 Å². The van der Waals surface area contributed by atoms with Gasteiger partial charge in [-0.3, -0.25) is 0 Å². The van der Waals surface area contributed by atoms with Gasteiger partial charge in [-0.25, -0.2) is 4.39 Å². The van der Waals surface area contributed by atoms with Crippen LogP contribution in [-0.2, 0) is 4.79 Å². The Bertz CT molecular complexity index is 522. The maximum Gasteiger partial charge on any atom is 0.138 e. The first-order valence-corrected chi connectivity index (χ1v) is 6.23. The Morgan fingerprint density at radius 2 is 1.50 bits per heavy atom. The van der Waals surface area contributed by atoms with Gasteiger partial charge < -0.3 is 9.53 Å². The smallest absolute Gasteiger partial charge is 0.138 e. The van der Waals surface area contributed by atoms with Gasteiger partial charge in [-0.15, -0.1) is 0 Å². The minimum atomic E-state index is -0.308. The van der Waals surface area contributed by atoms with E-state index in [1.54, 1.807) is 36.4 Å². The van der Waals surface area contributed by atoms with Crippen molar-refractivity contribution in [1.29, 1.82) is 0 Å². The standard InChI is InChI=1S/C14H10BrFO2/c15-14(9-17)10-1-5-12(6-2-10)18-13-7-3-11(16)4-8-13/h1-9,14H. The first-order chi connectivity index (χ1) is 8.69. The summed E-state index contributed by atoms with van der Waals surface area (Å²) in [4.78, 5) is 10.3. The fraction of sp³-hybridized carbons (Fsp3) is 0.0714. The summed E-state index contributed by atoms with van der Waals surface area (Å²) in [5.74, 6) is 0.900. The minimum absolute atomic E-state index is 0.300. The van der Waals surface area contributed by atoms with Crippen molar-refractivity contribution in [2.24, 2.45) is 0 Å². The van der Waals surface area contributed by atoms with Crippen LogP contribution in [0.25, 0.3) is 0 Å². The van der Waals surface area contributed by atoms with Crippen molar-refractivity contribution in [3.05, 3.63) is 59.9 Å². The van der Waals surface area contributed by atoms with Crippen molar-refractivity contribution in [1.82, 2.24) is 0 Å². The third-order valence-electron chi connectivity index (χ3n) is 2.37. The Hall–Kier alpha value is -1.68. The fourth-order valence-corrected chi connectivity index (χ4v) is 1.74. The Labute approximate surface area is 113 Å². The summed E-state index contributed by atoms with van der Waals surface area (Å²) in [5.41, 5.74) is 0.858. The van der Waals surface area contributed by atoms with Gasteiger partial charge in [0, 0.05) is 0 Å². The number of ether oxygens (including phenoxy) is 1. The van der Waals surface area contributed by atoms with E-state index in [4.69, 9.17) is 4.74 Å². The molecule has 0 N–H and O–H groups in total. The molecule has 92 valence electrons. The maximum absolute atomic E-state index is 12.7. The zero-order valence-electron chi connectivity index (χ0n) is 9.35. The lowest BCUT2D eigenvalue weighted by atomic mass is 10.1. The molecule has 0 aromatic heterocycles. The lowest BCUT2D eigenvalue weighted by Crippen LogP contribution is -1.90. The molecule has 2 aromatic rings. The van der Waals surface area contributed by atoms with Crippen LogP contribution in [-0.4, -0.2) is 6.29 Å². The van der Waals surface area contributed by atoms with Crippen LogP contribution < -0.4 is 4.74 Å². The maximum atomic E-state index is 12.7. The number of hydrogen-bond donors (Lipinski definition) is 0. The monoisotopic (exact) mass is 308 g/mol. The van der Waals surface area contributed by atoms with Crippen LogP contribution in [0.4, 0.5) is 4.39 Å². The molecular weight excluding hydrogens is 299 g/mol. The highest BCUT2D eigenvalue weighted by molar-refractivity contribution is 9.09. The van der Waals surface area contributed by atoms with E-state index < -0.39 is 0 Å². The first kappa shape index (κ1) is 12.8. The van der Waals surface area contributed by atoms with Crippen LogP contribution in [0.3, 0.4) is 0 Å². The van der Waals surface area contributed by atoms with E-state index in [0.29, 0.717) is 11.5 Å². The highest BCUT2D eigenvalue weighted by Gasteiger charge is 2.05. The molecule has 0 bridgehead atoms. The average molecular weight is 309 g/mol. The second-order valence-electron chi connectivity index (χ2n) is 3.66. The predicted octanol–water partition coefficient (Wildman–Crippen LogP) is 4.25. The lowest BCUT2D eigenvalue weighted by molar-refractivity contribution is -0.107. The molecule has 2 aromatic carbocycles. The first-order valence-electron chi connectivity index (χ1n) is 5.32. The number of hydrogen-bond acceptors (Lipinski definition) is 2. The van der Waals surface area contributed by atoms with Crippen molar-refractivity contribution < 1.29 is 13.9 Å². The van der Waals surface area contributed by atoms with E-state index in [9.17, 15) is 9.18 Å². The molecule has 1 unspecified atom stereocenters. The van der Waals surface area contributed by atoms with E-state index in [1.165, 1.54) is 12.1 Å². The number of carbonyl (C=O) groups is 1. The van der Waals surface area contributed by atoms with Gasteiger partial charge in [-0.1, -0.05) is 28.1 Å². The van der Waals surface area contributed by atoms with E-state index >= 15 is 0 Å². The van der Waals surface area contributed by atoms with Crippen LogP contribution in [0.2, 0.25) is 0 Å². The van der Waals surface area contributed by atoms with Crippen LogP contribution in [0.1, 0.15) is 10.4 Å². The van der Waals surface area contributed by atoms with Gasteiger partial charge in [0.15, 0.2) is 0 Å². The molecule has 2 rings (SSSR count). The topological polar surface area (TPSA) is 26.3 Å². The van der Waals surface area contributed by atoms with Crippen LogP contribution in [0.5, 0.6) is 11.5 Å². The molecule has 0 radical (unpaired) electrons. The molecule has 0 saturated heterocycles. The number of carbonyl (C=O) groups excluding carboxylic acids is 1. The molecule has 0 heterocycles. The van der Waals surface area contributed by atoms with E-state index in [1.807, 2.05) is 0 Å². The molecule has 2 nitrogen and oxygen atoms in total. The Kier molecular flexibility index (Phi) is 4.10. The zero-order chi connectivity index (χ0) is 13.0. The molecule has 0 aliphatic heterocycles. The van der Waals surface area contributed by atoms with Gasteiger partial charge >= 0.3 is 0 Å². The molecule has 0 spiro atoms. The molecule has 0 aliphatic carbocycles. The summed E-state index contributed by atoms with van der Waals surface area (Å²) in [6.45, 7) is 0. The molecule has 0 amide bonds. The minimum Gasteiger partial charge on any atom is -0.457 e. The normalized spacial score (nSPS) is 11.9. The number of halogens is 2. The van der Waals surface area contributed by atoms with Crippen molar-refractivity contribution in [2.75, 3.05) is 0 Å². The quantitative estimate of drug-likeness (QED) is 0.623. The van der Waals surface area contributed by atoms with E-state index in [-0.39, 0.29) is 10.6 Å². The summed E-state index contributed by atoms with van der Waals surface area (Å²) in [5, 5.41) is 0. The summed E-state index contributed by atoms with van der Waals surface area (Å²) >= 11 is 3.23. The largest absolute Gasteiger partial charge is 0.457 e. The van der Waals surface area contributed by atoms with Gasteiger partial charge in [-0.05, 0) is 42.0 Å². The van der Waals surface area contributed by atoms with Crippen molar-refractivity contribution in [3.8, 4) is 11.5 Å². The van der Waals surface area contributed by atoms with Crippen LogP contribution >= 0.6 is 15.9 Å². The third kappa shape index (κ3) is 3.17. The highest BCUT2D eigenvalue weighted by Crippen LogP contribution is 2.25. The number of benzene rings is 2. The number of alkyl halides is 1.